The van der Waals surface area contributed by atoms with Crippen molar-refractivity contribution in [3.63, 3.8) is 0 Å². The first-order valence-corrected chi connectivity index (χ1v) is 10.8. The van der Waals surface area contributed by atoms with E-state index in [1.807, 2.05) is 0 Å². The van der Waals surface area contributed by atoms with Gasteiger partial charge in [-0.15, -0.1) is 0 Å². The molecule has 0 aliphatic carbocycles. The van der Waals surface area contributed by atoms with E-state index in [0.717, 1.165) is 6.07 Å². The molecule has 1 atom stereocenters. The number of phenolic OH excluding ortho intramolecular Hbond substituents is 2. The van der Waals surface area contributed by atoms with Crippen LogP contribution in [0.2, 0.25) is 20.1 Å². The molecule has 3 N–H and O–H groups in total. The molecule has 0 saturated heterocycles. The summed E-state index contributed by atoms with van der Waals surface area (Å²) in [4.78, 5) is 0. The van der Waals surface area contributed by atoms with E-state index in [4.69, 9.17) is 46.4 Å². The monoisotopic (exact) mass is 492 g/mol. The van der Waals surface area contributed by atoms with Gasteiger partial charge in [-0.05, 0) is 35.9 Å². The molecule has 10 heteroatoms. The number of aromatic hydroxyl groups is 2. The predicted molar refractivity (Wildman–Crippen MR) is 114 cm³/mol. The van der Waals surface area contributed by atoms with Crippen LogP contribution in [0.5, 0.6) is 11.5 Å². The van der Waals surface area contributed by atoms with Crippen LogP contribution < -0.4 is 0 Å². The van der Waals surface area contributed by atoms with Crippen LogP contribution >= 0.6 is 46.4 Å². The Kier molecular flexibility index (Phi) is 5.98. The van der Waals surface area contributed by atoms with Gasteiger partial charge in [-0.1, -0.05) is 70.7 Å². The van der Waals surface area contributed by atoms with E-state index in [-0.39, 0.29) is 26.2 Å². The second-order valence-electron chi connectivity index (χ2n) is 6.08. The van der Waals surface area contributed by atoms with Gasteiger partial charge in [0.05, 0.1) is 10.0 Å². The van der Waals surface area contributed by atoms with Crippen molar-refractivity contribution >= 4 is 56.5 Å². The zero-order valence-electron chi connectivity index (χ0n) is 14.3. The lowest BCUT2D eigenvalue weighted by Gasteiger charge is -2.34. The van der Waals surface area contributed by atoms with Gasteiger partial charge < -0.3 is 10.2 Å². The molecule has 0 aliphatic heterocycles. The molecule has 0 heterocycles. The molecule has 0 radical (unpaired) electrons. The zero-order valence-corrected chi connectivity index (χ0v) is 18.1. The Morgan fingerprint density at radius 2 is 1.41 bits per heavy atom. The first-order valence-electron chi connectivity index (χ1n) is 7.89. The summed E-state index contributed by atoms with van der Waals surface area (Å²) in [5, 5.41) is 21.1. The molecule has 0 aliphatic rings. The van der Waals surface area contributed by atoms with Crippen LogP contribution in [-0.2, 0) is 14.9 Å². The van der Waals surface area contributed by atoms with Gasteiger partial charge in [0.25, 0.3) is 10.1 Å². The molecule has 3 aromatic rings. The van der Waals surface area contributed by atoms with Crippen LogP contribution in [-0.4, -0.2) is 23.2 Å². The van der Waals surface area contributed by atoms with Crippen LogP contribution in [0.1, 0.15) is 16.7 Å². The molecule has 0 amide bonds. The maximum absolute atomic E-state index is 13.0. The SMILES string of the molecule is O=S(=O)(O)C(c1ccc(Cl)cc1)(c1cccc(Cl)c1O)c1c(O)cc(Cl)cc1Cl. The van der Waals surface area contributed by atoms with Gasteiger partial charge in [0.2, 0.25) is 0 Å². The molecule has 0 saturated carbocycles. The van der Waals surface area contributed by atoms with E-state index in [9.17, 15) is 23.2 Å². The lowest BCUT2D eigenvalue weighted by molar-refractivity contribution is 0.428. The van der Waals surface area contributed by atoms with Gasteiger partial charge >= 0.3 is 0 Å². The molecule has 0 spiro atoms. The maximum atomic E-state index is 13.0. The van der Waals surface area contributed by atoms with E-state index < -0.39 is 31.9 Å². The molecule has 1 unspecified atom stereocenters. The average molecular weight is 494 g/mol. The van der Waals surface area contributed by atoms with Gasteiger partial charge in [-0.2, -0.15) is 8.42 Å². The number of phenols is 2. The van der Waals surface area contributed by atoms with Crippen LogP contribution in [0.4, 0.5) is 0 Å². The summed E-state index contributed by atoms with van der Waals surface area (Å²) in [6.07, 6.45) is 0. The molecular formula is C19H12Cl4O5S. The first-order chi connectivity index (χ1) is 13.5. The predicted octanol–water partition coefficient (Wildman–Crippen LogP) is 5.89. The Labute approximate surface area is 186 Å². The largest absolute Gasteiger partial charge is 0.507 e. The maximum Gasteiger partial charge on any atom is 0.283 e. The van der Waals surface area contributed by atoms with Crippen molar-refractivity contribution < 1.29 is 23.2 Å². The Balaban J connectivity index is 2.63. The van der Waals surface area contributed by atoms with Crippen molar-refractivity contribution in [2.24, 2.45) is 0 Å². The van der Waals surface area contributed by atoms with Gasteiger partial charge in [-0.3, -0.25) is 4.55 Å². The highest BCUT2D eigenvalue weighted by Gasteiger charge is 2.53. The van der Waals surface area contributed by atoms with Crippen LogP contribution in [0, 0.1) is 0 Å². The van der Waals surface area contributed by atoms with E-state index in [2.05, 4.69) is 0 Å². The summed E-state index contributed by atoms with van der Waals surface area (Å²) in [5.41, 5.74) is -0.790. The summed E-state index contributed by atoms with van der Waals surface area (Å²) in [6, 6.07) is 11.7. The van der Waals surface area contributed by atoms with Crippen molar-refractivity contribution in [3.8, 4) is 11.5 Å². The summed E-state index contributed by atoms with van der Waals surface area (Å²) in [5.74, 6) is -1.23. The van der Waals surface area contributed by atoms with Gasteiger partial charge in [0.15, 0.2) is 4.75 Å². The first kappa shape index (κ1) is 22.0. The number of hydrogen-bond acceptors (Lipinski definition) is 4. The van der Waals surface area contributed by atoms with Crippen molar-refractivity contribution in [2.75, 3.05) is 0 Å². The zero-order chi connectivity index (χ0) is 21.6. The quantitative estimate of drug-likeness (QED) is 0.311. The van der Waals surface area contributed by atoms with E-state index in [1.165, 1.54) is 48.5 Å². The summed E-state index contributed by atoms with van der Waals surface area (Å²) in [6.45, 7) is 0. The Bertz CT molecular complexity index is 1170. The van der Waals surface area contributed by atoms with Crippen molar-refractivity contribution in [2.45, 2.75) is 4.75 Å². The van der Waals surface area contributed by atoms with Crippen LogP contribution in [0.3, 0.4) is 0 Å². The van der Waals surface area contributed by atoms with Crippen molar-refractivity contribution in [3.05, 3.63) is 91.4 Å². The van der Waals surface area contributed by atoms with E-state index in [1.54, 1.807) is 0 Å². The third-order valence-corrected chi connectivity index (χ3v) is 6.90. The third-order valence-electron chi connectivity index (χ3n) is 4.39. The summed E-state index contributed by atoms with van der Waals surface area (Å²) in [7, 11) is -5.14. The van der Waals surface area contributed by atoms with Crippen molar-refractivity contribution in [1.82, 2.24) is 0 Å². The Hall–Kier alpha value is -1.67. The van der Waals surface area contributed by atoms with Gasteiger partial charge in [0, 0.05) is 21.2 Å². The number of rotatable bonds is 4. The van der Waals surface area contributed by atoms with Crippen LogP contribution in [0.25, 0.3) is 0 Å². The van der Waals surface area contributed by atoms with E-state index >= 15 is 0 Å². The molecule has 29 heavy (non-hydrogen) atoms. The fraction of sp³-hybridized carbons (Fsp3) is 0.0526. The molecular weight excluding hydrogens is 482 g/mol. The lowest BCUT2D eigenvalue weighted by atomic mass is 9.83. The minimum atomic E-state index is -5.14. The second kappa shape index (κ2) is 7.87. The molecule has 3 rings (SSSR count). The molecule has 152 valence electrons. The summed E-state index contributed by atoms with van der Waals surface area (Å²) < 4.78 is 33.8. The normalized spacial score (nSPS) is 13.8. The number of halogens is 4. The highest BCUT2D eigenvalue weighted by Crippen LogP contribution is 2.53. The fourth-order valence-electron chi connectivity index (χ4n) is 3.24. The van der Waals surface area contributed by atoms with E-state index in [0.29, 0.717) is 5.02 Å². The number of benzene rings is 3. The van der Waals surface area contributed by atoms with Gasteiger partial charge in [-0.25, -0.2) is 0 Å². The summed E-state index contributed by atoms with van der Waals surface area (Å²) >= 11 is 24.1. The highest BCUT2D eigenvalue weighted by atomic mass is 35.5. The number of para-hydroxylation sites is 1. The molecule has 0 aromatic heterocycles. The number of hydrogen-bond donors (Lipinski definition) is 3. The van der Waals surface area contributed by atoms with Crippen LogP contribution in [0.15, 0.2) is 54.6 Å². The minimum absolute atomic E-state index is 0.0342. The minimum Gasteiger partial charge on any atom is -0.507 e. The molecule has 5 nitrogen and oxygen atoms in total. The fourth-order valence-corrected chi connectivity index (χ4v) is 5.57. The molecule has 0 bridgehead atoms. The molecule has 3 aromatic carbocycles. The van der Waals surface area contributed by atoms with Crippen molar-refractivity contribution in [1.29, 1.82) is 0 Å². The topological polar surface area (TPSA) is 94.8 Å². The third kappa shape index (κ3) is 3.65. The Morgan fingerprint density at radius 1 is 0.793 bits per heavy atom. The average Bonchev–Trinajstić information content (AvgIpc) is 2.60. The Morgan fingerprint density at radius 3 is 1.97 bits per heavy atom. The smallest absolute Gasteiger partial charge is 0.283 e. The lowest BCUT2D eigenvalue weighted by Crippen LogP contribution is -2.38. The standard InChI is InChI=1S/C19H12Cl4O5S/c20-11-6-4-10(5-7-11)19(29(26,27)28,13-2-1-3-14(22)18(13)25)17-15(23)8-12(21)9-16(17)24/h1-9,24-25H,(H,26,27,28). The highest BCUT2D eigenvalue weighted by molar-refractivity contribution is 7.87. The van der Waals surface area contributed by atoms with Gasteiger partial charge in [0.1, 0.15) is 11.5 Å². The second-order valence-corrected chi connectivity index (χ2v) is 9.33. The molecule has 0 fully saturated rings.